The van der Waals surface area contributed by atoms with Gasteiger partial charge in [0, 0.05) is 41.8 Å². The SMILES string of the molecule is CC.COc1ccc(/C(C)=C/n2c3c(c4cc(Cl)ccc42)CN(C)CC3)cc1. The van der Waals surface area contributed by atoms with Crippen molar-refractivity contribution in [2.24, 2.45) is 0 Å². The molecule has 0 unspecified atom stereocenters. The van der Waals surface area contributed by atoms with Gasteiger partial charge >= 0.3 is 0 Å². The molecular formula is C24H29ClN2O. The van der Waals surface area contributed by atoms with Gasteiger partial charge < -0.3 is 14.2 Å². The van der Waals surface area contributed by atoms with Gasteiger partial charge in [-0.1, -0.05) is 37.6 Å². The molecule has 0 amide bonds. The highest BCUT2D eigenvalue weighted by Gasteiger charge is 2.22. The number of nitrogens with zero attached hydrogens (tertiary/aromatic N) is 2. The maximum absolute atomic E-state index is 6.29. The third-order valence-corrected chi connectivity index (χ3v) is 5.44. The van der Waals surface area contributed by atoms with E-state index in [0.29, 0.717) is 0 Å². The normalized spacial score (nSPS) is 14.4. The molecule has 1 aliphatic heterocycles. The van der Waals surface area contributed by atoms with Gasteiger partial charge in [0.15, 0.2) is 0 Å². The number of fused-ring (bicyclic) bond motifs is 3. The van der Waals surface area contributed by atoms with Crippen molar-refractivity contribution in [1.29, 1.82) is 0 Å². The average Bonchev–Trinajstić information content (AvgIpc) is 3.01. The van der Waals surface area contributed by atoms with Gasteiger partial charge in [-0.25, -0.2) is 0 Å². The number of methoxy groups -OCH3 is 1. The van der Waals surface area contributed by atoms with E-state index in [4.69, 9.17) is 16.3 Å². The van der Waals surface area contributed by atoms with Crippen molar-refractivity contribution in [3.63, 3.8) is 0 Å². The van der Waals surface area contributed by atoms with Crippen molar-refractivity contribution in [2.75, 3.05) is 20.7 Å². The summed E-state index contributed by atoms with van der Waals surface area (Å²) in [6.07, 6.45) is 3.30. The average molecular weight is 397 g/mol. The fourth-order valence-corrected chi connectivity index (χ4v) is 3.94. The Morgan fingerprint density at radius 2 is 1.82 bits per heavy atom. The highest BCUT2D eigenvalue weighted by Crippen LogP contribution is 2.33. The Balaban J connectivity index is 0.00000109. The monoisotopic (exact) mass is 396 g/mol. The third kappa shape index (κ3) is 3.96. The van der Waals surface area contributed by atoms with Crippen LogP contribution in [0.4, 0.5) is 0 Å². The molecule has 28 heavy (non-hydrogen) atoms. The second-order valence-corrected chi connectivity index (χ2v) is 7.42. The molecule has 0 aliphatic carbocycles. The van der Waals surface area contributed by atoms with Gasteiger partial charge in [-0.2, -0.15) is 0 Å². The van der Waals surface area contributed by atoms with Crippen molar-refractivity contribution >= 4 is 34.3 Å². The molecule has 2 aromatic carbocycles. The summed E-state index contributed by atoms with van der Waals surface area (Å²) < 4.78 is 7.62. The smallest absolute Gasteiger partial charge is 0.118 e. The lowest BCUT2D eigenvalue weighted by Gasteiger charge is -2.23. The van der Waals surface area contributed by atoms with Gasteiger partial charge in [0.25, 0.3) is 0 Å². The minimum atomic E-state index is 0.793. The topological polar surface area (TPSA) is 17.4 Å². The molecule has 3 aromatic rings. The summed E-state index contributed by atoms with van der Waals surface area (Å²) in [5.41, 5.74) is 6.44. The van der Waals surface area contributed by atoms with Gasteiger partial charge in [-0.3, -0.25) is 0 Å². The van der Waals surface area contributed by atoms with Crippen LogP contribution in [0.1, 0.15) is 37.6 Å². The first-order chi connectivity index (χ1) is 13.6. The van der Waals surface area contributed by atoms with E-state index in [-0.39, 0.29) is 0 Å². The van der Waals surface area contributed by atoms with Crippen molar-refractivity contribution in [3.8, 4) is 5.75 Å². The maximum atomic E-state index is 6.29. The molecule has 1 aliphatic rings. The zero-order valence-corrected chi connectivity index (χ0v) is 18.2. The molecule has 0 radical (unpaired) electrons. The summed E-state index contributed by atoms with van der Waals surface area (Å²) >= 11 is 6.29. The highest BCUT2D eigenvalue weighted by molar-refractivity contribution is 6.31. The second kappa shape index (κ2) is 8.85. The Morgan fingerprint density at radius 3 is 2.50 bits per heavy atom. The van der Waals surface area contributed by atoms with Crippen molar-refractivity contribution in [2.45, 2.75) is 33.7 Å². The molecule has 0 saturated carbocycles. The van der Waals surface area contributed by atoms with Gasteiger partial charge in [0.2, 0.25) is 0 Å². The quantitative estimate of drug-likeness (QED) is 0.514. The molecule has 1 aromatic heterocycles. The van der Waals surface area contributed by atoms with Crippen LogP contribution in [0.5, 0.6) is 5.75 Å². The molecule has 4 rings (SSSR count). The van der Waals surface area contributed by atoms with Crippen molar-refractivity contribution < 1.29 is 4.74 Å². The first-order valence-corrected chi connectivity index (χ1v) is 10.3. The van der Waals surface area contributed by atoms with Crippen LogP contribution < -0.4 is 4.74 Å². The summed E-state index contributed by atoms with van der Waals surface area (Å²) in [6, 6.07) is 14.4. The first-order valence-electron chi connectivity index (χ1n) is 9.89. The van der Waals surface area contributed by atoms with E-state index in [1.165, 1.54) is 33.3 Å². The molecule has 0 saturated heterocycles. The van der Waals surface area contributed by atoms with Crippen LogP contribution in [0.3, 0.4) is 0 Å². The summed E-state index contributed by atoms with van der Waals surface area (Å²) in [4.78, 5) is 2.37. The van der Waals surface area contributed by atoms with Crippen LogP contribution in [-0.4, -0.2) is 30.2 Å². The zero-order valence-electron chi connectivity index (χ0n) is 17.4. The molecule has 0 atom stereocenters. The van der Waals surface area contributed by atoms with E-state index < -0.39 is 0 Å². The number of ether oxygens (including phenoxy) is 1. The van der Waals surface area contributed by atoms with E-state index in [9.17, 15) is 0 Å². The van der Waals surface area contributed by atoms with Crippen LogP contribution in [0.2, 0.25) is 5.02 Å². The molecule has 0 spiro atoms. The molecule has 2 heterocycles. The number of aromatic nitrogens is 1. The van der Waals surface area contributed by atoms with E-state index in [1.807, 2.05) is 32.0 Å². The lowest BCUT2D eigenvalue weighted by molar-refractivity contribution is 0.312. The molecule has 4 heteroatoms. The predicted molar refractivity (Wildman–Crippen MR) is 121 cm³/mol. The number of likely N-dealkylation sites (N-methyl/N-ethyl adjacent to an activating group) is 1. The van der Waals surface area contributed by atoms with Crippen molar-refractivity contribution in [1.82, 2.24) is 9.47 Å². The standard InChI is InChI=1S/C22H23ClN2O.C2H6/c1-15(16-4-7-18(26-3)8-5-16)13-25-21-9-6-17(23)12-19(21)20-14-24(2)11-10-22(20)25;1-2/h4-9,12-13H,10-11,14H2,1-3H3;1-2H3/b15-13+;. The van der Waals surface area contributed by atoms with Crippen LogP contribution in [0.15, 0.2) is 42.5 Å². The van der Waals surface area contributed by atoms with Gasteiger partial charge in [0.05, 0.1) is 12.6 Å². The maximum Gasteiger partial charge on any atom is 0.118 e. The molecule has 0 bridgehead atoms. The first kappa shape index (κ1) is 20.5. The number of halogens is 1. The molecule has 148 valence electrons. The Morgan fingerprint density at radius 1 is 1.11 bits per heavy atom. The van der Waals surface area contributed by atoms with E-state index in [1.54, 1.807) is 7.11 Å². The van der Waals surface area contributed by atoms with E-state index in [0.717, 1.165) is 30.3 Å². The number of hydrogen-bond acceptors (Lipinski definition) is 2. The molecular weight excluding hydrogens is 368 g/mol. The van der Waals surface area contributed by atoms with Crippen LogP contribution in [0.25, 0.3) is 22.7 Å². The molecule has 0 N–H and O–H groups in total. The van der Waals surface area contributed by atoms with Gasteiger partial charge in [-0.05, 0) is 61.0 Å². The van der Waals surface area contributed by atoms with Gasteiger partial charge in [0.1, 0.15) is 5.75 Å². The largest absolute Gasteiger partial charge is 0.497 e. The minimum absolute atomic E-state index is 0.793. The molecule has 3 nitrogen and oxygen atoms in total. The lowest BCUT2D eigenvalue weighted by Crippen LogP contribution is -2.26. The van der Waals surface area contributed by atoms with Crippen LogP contribution >= 0.6 is 11.6 Å². The number of allylic oxidation sites excluding steroid dienone is 1. The fourth-order valence-electron chi connectivity index (χ4n) is 3.77. The number of benzene rings is 2. The number of hydrogen-bond donors (Lipinski definition) is 0. The fraction of sp³-hybridized carbons (Fsp3) is 0.333. The van der Waals surface area contributed by atoms with E-state index in [2.05, 4.69) is 53.9 Å². The summed E-state index contributed by atoms with van der Waals surface area (Å²) in [5.74, 6) is 0.878. The summed E-state index contributed by atoms with van der Waals surface area (Å²) in [6.45, 7) is 8.20. The zero-order chi connectivity index (χ0) is 20.3. The van der Waals surface area contributed by atoms with Crippen LogP contribution in [0, 0.1) is 0 Å². The van der Waals surface area contributed by atoms with Crippen LogP contribution in [-0.2, 0) is 13.0 Å². The predicted octanol–water partition coefficient (Wildman–Crippen LogP) is 6.34. The lowest BCUT2D eigenvalue weighted by atomic mass is 10.1. The Hall–Kier alpha value is -2.23. The van der Waals surface area contributed by atoms with Gasteiger partial charge in [-0.15, -0.1) is 0 Å². The summed E-state index contributed by atoms with van der Waals surface area (Å²) in [5, 5.41) is 2.05. The van der Waals surface area contributed by atoms with Crippen molar-refractivity contribution in [3.05, 3.63) is 64.3 Å². The minimum Gasteiger partial charge on any atom is -0.497 e. The molecule has 0 fully saturated rings. The van der Waals surface area contributed by atoms with E-state index >= 15 is 0 Å². The Kier molecular flexibility index (Phi) is 6.48. The third-order valence-electron chi connectivity index (χ3n) is 5.21. The second-order valence-electron chi connectivity index (χ2n) is 6.99. The summed E-state index contributed by atoms with van der Waals surface area (Å²) in [7, 11) is 3.87. The number of rotatable bonds is 3. The Bertz CT molecular complexity index is 986. The highest BCUT2D eigenvalue weighted by atomic mass is 35.5. The Labute approximate surface area is 173 Å².